The van der Waals surface area contributed by atoms with E-state index in [0.717, 1.165) is 56.4 Å². The SMILES string of the molecule is CCCC(=O)Nc1cncc(-c2ccc3[nH]nc(-c4cc5c(-c6ccncc6)cncc5[nH]4)c3n2)c1. The van der Waals surface area contributed by atoms with E-state index in [0.29, 0.717) is 17.8 Å². The first-order chi connectivity index (χ1) is 17.7. The van der Waals surface area contributed by atoms with Crippen molar-refractivity contribution in [3.05, 3.63) is 73.6 Å². The van der Waals surface area contributed by atoms with Crippen LogP contribution in [-0.2, 0) is 4.79 Å². The lowest BCUT2D eigenvalue weighted by Crippen LogP contribution is -2.10. The molecule has 0 aromatic carbocycles. The van der Waals surface area contributed by atoms with Gasteiger partial charge < -0.3 is 10.3 Å². The molecule has 6 aromatic heterocycles. The first kappa shape index (κ1) is 21.6. The van der Waals surface area contributed by atoms with Crippen LogP contribution in [-0.4, -0.2) is 41.0 Å². The molecule has 9 heteroatoms. The van der Waals surface area contributed by atoms with Crippen molar-refractivity contribution in [3.63, 3.8) is 0 Å². The highest BCUT2D eigenvalue weighted by Crippen LogP contribution is 2.33. The van der Waals surface area contributed by atoms with Gasteiger partial charge in [0.1, 0.15) is 11.2 Å². The molecule has 0 spiro atoms. The number of nitrogens with zero attached hydrogens (tertiary/aromatic N) is 5. The maximum absolute atomic E-state index is 12.0. The number of aromatic amines is 2. The molecule has 0 aliphatic carbocycles. The van der Waals surface area contributed by atoms with E-state index in [1.54, 1.807) is 31.0 Å². The molecule has 0 aliphatic heterocycles. The second kappa shape index (κ2) is 9.03. The van der Waals surface area contributed by atoms with Crippen molar-refractivity contribution in [2.45, 2.75) is 19.8 Å². The maximum Gasteiger partial charge on any atom is 0.224 e. The number of nitrogens with one attached hydrogen (secondary N) is 3. The highest BCUT2D eigenvalue weighted by atomic mass is 16.1. The zero-order valence-electron chi connectivity index (χ0n) is 19.5. The zero-order chi connectivity index (χ0) is 24.5. The lowest BCUT2D eigenvalue weighted by Gasteiger charge is -2.06. The van der Waals surface area contributed by atoms with E-state index >= 15 is 0 Å². The summed E-state index contributed by atoms with van der Waals surface area (Å²) in [5.74, 6) is -0.0311. The van der Waals surface area contributed by atoms with E-state index in [-0.39, 0.29) is 5.91 Å². The molecule has 6 aromatic rings. The molecule has 6 heterocycles. The molecule has 9 nitrogen and oxygen atoms in total. The number of hydrogen-bond acceptors (Lipinski definition) is 6. The van der Waals surface area contributed by atoms with Crippen molar-refractivity contribution >= 4 is 33.5 Å². The fraction of sp³-hybridized carbons (Fsp3) is 0.111. The van der Waals surface area contributed by atoms with Gasteiger partial charge in [-0.05, 0) is 48.4 Å². The molecule has 0 unspecified atom stereocenters. The maximum atomic E-state index is 12.0. The molecule has 0 saturated heterocycles. The van der Waals surface area contributed by atoms with E-state index in [4.69, 9.17) is 4.98 Å². The van der Waals surface area contributed by atoms with Crippen LogP contribution < -0.4 is 5.32 Å². The molecule has 0 bridgehead atoms. The summed E-state index contributed by atoms with van der Waals surface area (Å²) >= 11 is 0. The number of pyridine rings is 4. The quantitative estimate of drug-likeness (QED) is 0.298. The first-order valence-corrected chi connectivity index (χ1v) is 11.7. The predicted octanol–water partition coefficient (Wildman–Crippen LogP) is 5.36. The van der Waals surface area contributed by atoms with Gasteiger partial charge in [-0.15, -0.1) is 0 Å². The van der Waals surface area contributed by atoms with Gasteiger partial charge in [0.25, 0.3) is 0 Å². The average Bonchev–Trinajstić information content (AvgIpc) is 3.53. The number of carbonyl (C=O) groups is 1. The van der Waals surface area contributed by atoms with Gasteiger partial charge in [-0.2, -0.15) is 5.10 Å². The topological polar surface area (TPSA) is 125 Å². The number of hydrogen-bond donors (Lipinski definition) is 3. The Morgan fingerprint density at radius 3 is 2.64 bits per heavy atom. The molecule has 0 saturated carbocycles. The van der Waals surface area contributed by atoms with Crippen molar-refractivity contribution in [2.24, 2.45) is 0 Å². The summed E-state index contributed by atoms with van der Waals surface area (Å²) in [7, 11) is 0. The van der Waals surface area contributed by atoms with Gasteiger partial charge in [0.15, 0.2) is 0 Å². The molecular weight excluding hydrogens is 452 g/mol. The monoisotopic (exact) mass is 474 g/mol. The van der Waals surface area contributed by atoms with Crippen LogP contribution in [0.2, 0.25) is 0 Å². The Morgan fingerprint density at radius 1 is 0.917 bits per heavy atom. The second-order valence-corrected chi connectivity index (χ2v) is 8.49. The van der Waals surface area contributed by atoms with Crippen LogP contribution in [0.1, 0.15) is 19.8 Å². The van der Waals surface area contributed by atoms with Gasteiger partial charge in [-0.1, -0.05) is 6.92 Å². The minimum atomic E-state index is -0.0311. The highest BCUT2D eigenvalue weighted by molar-refractivity contribution is 6.00. The van der Waals surface area contributed by atoms with Crippen LogP contribution in [0, 0.1) is 0 Å². The Balaban J connectivity index is 1.40. The van der Waals surface area contributed by atoms with Crippen LogP contribution in [0.15, 0.2) is 73.6 Å². The van der Waals surface area contributed by atoms with Crippen LogP contribution in [0.25, 0.3) is 55.7 Å². The summed E-state index contributed by atoms with van der Waals surface area (Å²) in [6.07, 6.45) is 11.8. The van der Waals surface area contributed by atoms with Gasteiger partial charge in [0.05, 0.1) is 40.5 Å². The minimum Gasteiger partial charge on any atom is -0.352 e. The Morgan fingerprint density at radius 2 is 1.78 bits per heavy atom. The lowest BCUT2D eigenvalue weighted by molar-refractivity contribution is -0.116. The van der Waals surface area contributed by atoms with E-state index in [1.165, 1.54) is 0 Å². The largest absolute Gasteiger partial charge is 0.352 e. The summed E-state index contributed by atoms with van der Waals surface area (Å²) in [6, 6.07) is 11.7. The predicted molar refractivity (Wildman–Crippen MR) is 139 cm³/mol. The molecule has 0 atom stereocenters. The third kappa shape index (κ3) is 3.96. The fourth-order valence-electron chi connectivity index (χ4n) is 4.29. The van der Waals surface area contributed by atoms with Crippen LogP contribution in [0.5, 0.6) is 0 Å². The van der Waals surface area contributed by atoms with Gasteiger partial charge >= 0.3 is 0 Å². The van der Waals surface area contributed by atoms with E-state index < -0.39 is 0 Å². The fourth-order valence-corrected chi connectivity index (χ4v) is 4.29. The highest BCUT2D eigenvalue weighted by Gasteiger charge is 2.16. The second-order valence-electron chi connectivity index (χ2n) is 8.49. The van der Waals surface area contributed by atoms with Gasteiger partial charge in [-0.25, -0.2) is 4.98 Å². The number of amides is 1. The molecule has 6 rings (SSSR count). The van der Waals surface area contributed by atoms with E-state index in [9.17, 15) is 4.79 Å². The molecule has 36 heavy (non-hydrogen) atoms. The molecule has 0 aliphatic rings. The molecular formula is C27H22N8O. The number of aromatic nitrogens is 7. The third-order valence-corrected chi connectivity index (χ3v) is 5.99. The van der Waals surface area contributed by atoms with Crippen LogP contribution in [0.4, 0.5) is 5.69 Å². The normalized spacial score (nSPS) is 11.2. The first-order valence-electron chi connectivity index (χ1n) is 11.7. The number of H-pyrrole nitrogens is 2. The van der Waals surface area contributed by atoms with Crippen molar-refractivity contribution in [1.29, 1.82) is 0 Å². The summed E-state index contributed by atoms with van der Waals surface area (Å²) in [5, 5.41) is 11.6. The lowest BCUT2D eigenvalue weighted by atomic mass is 10.1. The molecule has 3 N–H and O–H groups in total. The van der Waals surface area contributed by atoms with Gasteiger partial charge in [0.2, 0.25) is 5.91 Å². The van der Waals surface area contributed by atoms with E-state index in [1.807, 2.05) is 43.5 Å². The average molecular weight is 475 g/mol. The number of rotatable bonds is 6. The number of carbonyl (C=O) groups excluding carboxylic acids is 1. The molecule has 176 valence electrons. The van der Waals surface area contributed by atoms with Crippen molar-refractivity contribution in [3.8, 4) is 33.8 Å². The van der Waals surface area contributed by atoms with Crippen molar-refractivity contribution < 1.29 is 4.79 Å². The van der Waals surface area contributed by atoms with Crippen LogP contribution in [0.3, 0.4) is 0 Å². The van der Waals surface area contributed by atoms with Crippen LogP contribution >= 0.6 is 0 Å². The molecule has 0 radical (unpaired) electrons. The molecule has 1 amide bonds. The number of anilines is 1. The summed E-state index contributed by atoms with van der Waals surface area (Å²) < 4.78 is 0. The van der Waals surface area contributed by atoms with Crippen molar-refractivity contribution in [2.75, 3.05) is 5.32 Å². The third-order valence-electron chi connectivity index (χ3n) is 5.99. The van der Waals surface area contributed by atoms with E-state index in [2.05, 4.69) is 41.5 Å². The van der Waals surface area contributed by atoms with Crippen molar-refractivity contribution in [1.82, 2.24) is 35.1 Å². The Bertz CT molecular complexity index is 1700. The van der Waals surface area contributed by atoms with Gasteiger partial charge in [0, 0.05) is 47.7 Å². The Hall–Kier alpha value is -4.92. The standard InChI is InChI=1S/C27H22N8O/c1-2-3-25(36)31-18-10-17(12-29-13-18)21-4-5-22-26(33-21)27(35-34-22)23-11-19-20(14-30-15-24(19)32-23)16-6-8-28-9-7-16/h4-15,32H,2-3H2,1H3,(H,31,36)(H,34,35). The summed E-state index contributed by atoms with van der Waals surface area (Å²) in [6.45, 7) is 1.97. The zero-order valence-corrected chi connectivity index (χ0v) is 19.5. The van der Waals surface area contributed by atoms with Gasteiger partial charge in [-0.3, -0.25) is 24.8 Å². The smallest absolute Gasteiger partial charge is 0.224 e. The Kier molecular flexibility index (Phi) is 5.42. The Labute approximate surface area is 206 Å². The summed E-state index contributed by atoms with van der Waals surface area (Å²) in [4.78, 5) is 33.2. The summed E-state index contributed by atoms with van der Waals surface area (Å²) in [5.41, 5.74) is 8.25. The number of fused-ring (bicyclic) bond motifs is 2. The molecule has 0 fully saturated rings. The minimum absolute atomic E-state index is 0.0311.